The van der Waals surface area contributed by atoms with Gasteiger partial charge in [-0.15, -0.1) is 0 Å². The number of nitrogens with one attached hydrogen (secondary N) is 1. The summed E-state index contributed by atoms with van der Waals surface area (Å²) in [4.78, 5) is 0.166. The van der Waals surface area contributed by atoms with E-state index in [0.717, 1.165) is 0 Å². The van der Waals surface area contributed by atoms with E-state index in [9.17, 15) is 8.42 Å². The molecule has 19 heavy (non-hydrogen) atoms. The van der Waals surface area contributed by atoms with E-state index < -0.39 is 10.0 Å². The summed E-state index contributed by atoms with van der Waals surface area (Å²) < 4.78 is 26.8. The third kappa shape index (κ3) is 3.19. The van der Waals surface area contributed by atoms with Crippen LogP contribution in [0.1, 0.15) is 5.56 Å². The fourth-order valence-electron chi connectivity index (χ4n) is 1.58. The largest absolute Gasteiger partial charge is 0.399 e. The maximum Gasteiger partial charge on any atom is 0.261 e. The molecule has 2 aromatic carbocycles. The van der Waals surface area contributed by atoms with Crippen molar-refractivity contribution in [1.82, 2.24) is 0 Å². The van der Waals surface area contributed by atoms with Gasteiger partial charge in [-0.25, -0.2) is 8.42 Å². The topological polar surface area (TPSA) is 72.2 Å². The smallest absolute Gasteiger partial charge is 0.261 e. The second-order valence-corrected chi connectivity index (χ2v) is 6.25. The Morgan fingerprint density at radius 2 is 1.89 bits per heavy atom. The summed E-state index contributed by atoms with van der Waals surface area (Å²) in [5.74, 6) is 0. The molecule has 0 aromatic heterocycles. The monoisotopic (exact) mass is 296 g/mol. The molecule has 0 unspecified atom stereocenters. The summed E-state index contributed by atoms with van der Waals surface area (Å²) in [6.07, 6.45) is 0. The van der Waals surface area contributed by atoms with Crippen molar-refractivity contribution in [3.05, 3.63) is 53.1 Å². The molecule has 0 saturated heterocycles. The van der Waals surface area contributed by atoms with Crippen LogP contribution < -0.4 is 10.5 Å². The normalized spacial score (nSPS) is 11.3. The summed E-state index contributed by atoms with van der Waals surface area (Å²) >= 11 is 5.81. The number of benzene rings is 2. The van der Waals surface area contributed by atoms with Crippen molar-refractivity contribution in [1.29, 1.82) is 0 Å². The minimum Gasteiger partial charge on any atom is -0.399 e. The van der Waals surface area contributed by atoms with Gasteiger partial charge in [0.2, 0.25) is 0 Å². The Hall–Kier alpha value is -1.72. The number of aryl methyl sites for hydroxylation is 1. The molecule has 0 bridgehead atoms. The van der Waals surface area contributed by atoms with Gasteiger partial charge in [0.05, 0.1) is 10.6 Å². The van der Waals surface area contributed by atoms with Crippen LogP contribution in [0, 0.1) is 6.92 Å². The summed E-state index contributed by atoms with van der Waals surface area (Å²) in [6, 6.07) is 11.1. The van der Waals surface area contributed by atoms with Crippen LogP contribution in [-0.4, -0.2) is 8.42 Å². The van der Waals surface area contributed by atoms with E-state index >= 15 is 0 Å². The average Bonchev–Trinajstić information content (AvgIpc) is 2.32. The molecule has 2 rings (SSSR count). The van der Waals surface area contributed by atoms with Gasteiger partial charge in [-0.2, -0.15) is 0 Å². The maximum absolute atomic E-state index is 12.2. The van der Waals surface area contributed by atoms with E-state index in [4.69, 9.17) is 17.3 Å². The van der Waals surface area contributed by atoms with Gasteiger partial charge < -0.3 is 5.73 Å². The molecule has 0 aliphatic heterocycles. The van der Waals surface area contributed by atoms with Crippen molar-refractivity contribution in [2.75, 3.05) is 10.5 Å². The Morgan fingerprint density at radius 1 is 1.16 bits per heavy atom. The van der Waals surface area contributed by atoms with Crippen LogP contribution in [0.2, 0.25) is 5.02 Å². The molecule has 2 aromatic rings. The molecule has 0 saturated carbocycles. The first-order valence-electron chi connectivity index (χ1n) is 5.53. The van der Waals surface area contributed by atoms with Gasteiger partial charge in [0.25, 0.3) is 10.0 Å². The van der Waals surface area contributed by atoms with Crippen LogP contribution in [0.5, 0.6) is 0 Å². The van der Waals surface area contributed by atoms with Crippen molar-refractivity contribution in [3.8, 4) is 0 Å². The Kier molecular flexibility index (Phi) is 3.68. The van der Waals surface area contributed by atoms with E-state index in [1.807, 2.05) is 0 Å². The lowest BCUT2D eigenvalue weighted by Crippen LogP contribution is -2.13. The average molecular weight is 297 g/mol. The van der Waals surface area contributed by atoms with Gasteiger partial charge in [-0.1, -0.05) is 17.7 Å². The number of rotatable bonds is 3. The first-order valence-corrected chi connectivity index (χ1v) is 7.39. The second kappa shape index (κ2) is 5.11. The van der Waals surface area contributed by atoms with Gasteiger partial charge in [-0.3, -0.25) is 4.72 Å². The number of nitrogens with two attached hydrogens (primary N) is 1. The van der Waals surface area contributed by atoms with Gasteiger partial charge in [-0.05, 0) is 48.9 Å². The number of hydrogen-bond acceptors (Lipinski definition) is 3. The zero-order chi connectivity index (χ0) is 14.0. The van der Waals surface area contributed by atoms with Crippen molar-refractivity contribution >= 4 is 33.0 Å². The predicted octanol–water partition coefficient (Wildman–Crippen LogP) is 3.03. The fraction of sp³-hybridized carbons (Fsp3) is 0.0769. The van der Waals surface area contributed by atoms with Crippen LogP contribution in [0.15, 0.2) is 47.4 Å². The van der Waals surface area contributed by atoms with Crippen molar-refractivity contribution in [3.63, 3.8) is 0 Å². The minimum atomic E-state index is -3.63. The van der Waals surface area contributed by atoms with Crippen molar-refractivity contribution < 1.29 is 8.42 Å². The summed E-state index contributed by atoms with van der Waals surface area (Å²) in [7, 11) is -3.63. The quantitative estimate of drug-likeness (QED) is 0.855. The number of anilines is 2. The molecule has 0 atom stereocenters. The summed E-state index contributed by atoms with van der Waals surface area (Å²) in [6.45, 7) is 1.76. The Balaban J connectivity index is 2.35. The molecular formula is C13H13ClN2O2S. The van der Waals surface area contributed by atoms with E-state index in [-0.39, 0.29) is 4.90 Å². The third-order valence-corrected chi connectivity index (χ3v) is 4.24. The SMILES string of the molecule is Cc1cc(S(=O)(=O)Nc2cccc(Cl)c2)ccc1N. The molecule has 0 fully saturated rings. The maximum atomic E-state index is 12.2. The van der Waals surface area contributed by atoms with Crippen LogP contribution in [-0.2, 0) is 10.0 Å². The Labute approximate surface area is 117 Å². The first-order chi connectivity index (χ1) is 8.88. The van der Waals surface area contributed by atoms with Crippen molar-refractivity contribution in [2.24, 2.45) is 0 Å². The highest BCUT2D eigenvalue weighted by Gasteiger charge is 2.14. The predicted molar refractivity (Wildman–Crippen MR) is 77.9 cm³/mol. The minimum absolute atomic E-state index is 0.166. The van der Waals surface area contributed by atoms with Gasteiger partial charge in [0, 0.05) is 10.7 Å². The molecule has 0 aliphatic rings. The summed E-state index contributed by atoms with van der Waals surface area (Å²) in [5, 5.41) is 0.466. The fourth-order valence-corrected chi connectivity index (χ4v) is 2.91. The van der Waals surface area contributed by atoms with Gasteiger partial charge in [0.1, 0.15) is 0 Å². The molecule has 4 nitrogen and oxygen atoms in total. The first kappa shape index (κ1) is 13.7. The molecule has 0 radical (unpaired) electrons. The Morgan fingerprint density at radius 3 is 2.53 bits per heavy atom. The second-order valence-electron chi connectivity index (χ2n) is 4.13. The van der Waals surface area contributed by atoms with E-state index in [1.54, 1.807) is 37.3 Å². The van der Waals surface area contributed by atoms with E-state index in [1.165, 1.54) is 12.1 Å². The van der Waals surface area contributed by atoms with Crippen LogP contribution >= 0.6 is 11.6 Å². The molecule has 0 amide bonds. The van der Waals surface area contributed by atoms with Gasteiger partial charge >= 0.3 is 0 Å². The van der Waals surface area contributed by atoms with Crippen LogP contribution in [0.4, 0.5) is 11.4 Å². The molecule has 100 valence electrons. The lowest BCUT2D eigenvalue weighted by molar-refractivity contribution is 0.601. The van der Waals surface area contributed by atoms with E-state index in [2.05, 4.69) is 4.72 Å². The third-order valence-electron chi connectivity index (χ3n) is 2.63. The molecule has 0 aliphatic carbocycles. The highest BCUT2D eigenvalue weighted by molar-refractivity contribution is 7.92. The standard InChI is InChI=1S/C13H13ClN2O2S/c1-9-7-12(5-6-13(9)15)19(17,18)16-11-4-2-3-10(14)8-11/h2-8,16H,15H2,1H3. The molecular weight excluding hydrogens is 284 g/mol. The molecule has 0 spiro atoms. The van der Waals surface area contributed by atoms with E-state index in [0.29, 0.717) is 22.0 Å². The number of sulfonamides is 1. The number of halogens is 1. The molecule has 3 N–H and O–H groups in total. The molecule has 6 heteroatoms. The highest BCUT2D eigenvalue weighted by Crippen LogP contribution is 2.21. The van der Waals surface area contributed by atoms with Crippen LogP contribution in [0.25, 0.3) is 0 Å². The number of nitrogen functional groups attached to an aromatic ring is 1. The number of hydrogen-bond donors (Lipinski definition) is 2. The van der Waals surface area contributed by atoms with Crippen molar-refractivity contribution in [2.45, 2.75) is 11.8 Å². The summed E-state index contributed by atoms with van der Waals surface area (Å²) in [5.41, 5.74) is 7.36. The highest BCUT2D eigenvalue weighted by atomic mass is 35.5. The lowest BCUT2D eigenvalue weighted by Gasteiger charge is -2.09. The van der Waals surface area contributed by atoms with Gasteiger partial charge in [0.15, 0.2) is 0 Å². The Bertz CT molecular complexity index is 714. The zero-order valence-corrected chi connectivity index (χ0v) is 11.8. The lowest BCUT2D eigenvalue weighted by atomic mass is 10.2. The molecule has 0 heterocycles. The zero-order valence-electron chi connectivity index (χ0n) is 10.2. The van der Waals surface area contributed by atoms with Crippen LogP contribution in [0.3, 0.4) is 0 Å².